The molecule has 7 heteroatoms. The maximum atomic E-state index is 12.6. The molecule has 2 rings (SSSR count). The molecule has 0 bridgehead atoms. The molecule has 0 unspecified atom stereocenters. The third-order valence-electron chi connectivity index (χ3n) is 3.27. The Morgan fingerprint density at radius 2 is 1.91 bits per heavy atom. The molecule has 22 heavy (non-hydrogen) atoms. The predicted octanol–water partition coefficient (Wildman–Crippen LogP) is 3.64. The molecule has 0 saturated carbocycles. The van der Waals surface area contributed by atoms with Crippen molar-refractivity contribution in [2.75, 3.05) is 5.32 Å². The lowest BCUT2D eigenvalue weighted by Gasteiger charge is -2.07. The van der Waals surface area contributed by atoms with E-state index in [2.05, 4.69) is 10.4 Å². The van der Waals surface area contributed by atoms with Crippen LogP contribution in [0, 0.1) is 0 Å². The zero-order valence-electron chi connectivity index (χ0n) is 12.2. The molecule has 4 nitrogen and oxygen atoms in total. The normalized spacial score (nSPS) is 11.5. The number of hydrogen-bond acceptors (Lipinski definition) is 3. The van der Waals surface area contributed by atoms with E-state index in [1.54, 1.807) is 31.2 Å². The van der Waals surface area contributed by atoms with Crippen molar-refractivity contribution < 1.29 is 18.0 Å². The molecule has 118 valence electrons. The first-order valence-electron chi connectivity index (χ1n) is 6.78. The highest BCUT2D eigenvalue weighted by molar-refractivity contribution is 5.96. The van der Waals surface area contributed by atoms with Crippen molar-refractivity contribution in [3.63, 3.8) is 0 Å². The molecule has 0 aliphatic rings. The number of carbonyl (C=O) groups is 1. The topological polar surface area (TPSA) is 46.9 Å². The lowest BCUT2D eigenvalue weighted by Crippen LogP contribution is -2.07. The van der Waals surface area contributed by atoms with Crippen molar-refractivity contribution in [2.45, 2.75) is 26.1 Å². The molecule has 1 aromatic carbocycles. The number of nitrogens with zero attached hydrogens (tertiary/aromatic N) is 2. The maximum Gasteiger partial charge on any atom is 0.435 e. The Bertz CT molecular complexity index is 660. The molecule has 0 aliphatic carbocycles. The number of anilines is 1. The Hall–Kier alpha value is -2.31. The number of carbonyl (C=O) groups excluding carboxylic acids is 1. The number of rotatable bonds is 5. The van der Waals surface area contributed by atoms with E-state index in [4.69, 9.17) is 0 Å². The fourth-order valence-corrected chi connectivity index (χ4v) is 1.98. The van der Waals surface area contributed by atoms with Crippen molar-refractivity contribution in [3.05, 3.63) is 47.3 Å². The third-order valence-corrected chi connectivity index (χ3v) is 3.27. The van der Waals surface area contributed by atoms with Gasteiger partial charge in [-0.2, -0.15) is 18.3 Å². The van der Waals surface area contributed by atoms with Crippen LogP contribution < -0.4 is 5.32 Å². The van der Waals surface area contributed by atoms with Crippen LogP contribution >= 0.6 is 0 Å². The van der Waals surface area contributed by atoms with E-state index in [-0.39, 0.29) is 12.3 Å². The summed E-state index contributed by atoms with van der Waals surface area (Å²) in [5, 5.41) is 6.46. The van der Waals surface area contributed by atoms with Crippen molar-refractivity contribution >= 4 is 11.5 Å². The fourth-order valence-electron chi connectivity index (χ4n) is 1.98. The van der Waals surface area contributed by atoms with Crippen LogP contribution in [0.25, 0.3) is 0 Å². The Morgan fingerprint density at radius 1 is 1.27 bits per heavy atom. The van der Waals surface area contributed by atoms with E-state index in [1.807, 2.05) is 0 Å². The highest BCUT2D eigenvalue weighted by Gasteiger charge is 2.34. The number of aryl methyl sites for hydroxylation is 1. The van der Waals surface area contributed by atoms with Crippen LogP contribution in [0.2, 0.25) is 0 Å². The zero-order valence-corrected chi connectivity index (χ0v) is 12.2. The molecule has 1 aromatic heterocycles. The van der Waals surface area contributed by atoms with Crippen LogP contribution in [0.4, 0.5) is 18.9 Å². The van der Waals surface area contributed by atoms with Gasteiger partial charge < -0.3 is 5.32 Å². The number of ketones is 1. The van der Waals surface area contributed by atoms with E-state index >= 15 is 0 Å². The lowest BCUT2D eigenvalue weighted by molar-refractivity contribution is -0.141. The summed E-state index contributed by atoms with van der Waals surface area (Å²) in [6.45, 7) is 2.00. The van der Waals surface area contributed by atoms with Gasteiger partial charge in [-0.15, -0.1) is 0 Å². The number of hydrogen-bond donors (Lipinski definition) is 1. The maximum absolute atomic E-state index is 12.6. The number of aromatic nitrogens is 2. The van der Waals surface area contributed by atoms with Gasteiger partial charge in [0.25, 0.3) is 0 Å². The number of benzene rings is 1. The second-order valence-electron chi connectivity index (χ2n) is 4.85. The largest absolute Gasteiger partial charge is 0.435 e. The van der Waals surface area contributed by atoms with Gasteiger partial charge in [-0.3, -0.25) is 9.48 Å². The lowest BCUT2D eigenvalue weighted by atomic mass is 10.1. The second-order valence-corrected chi connectivity index (χ2v) is 4.85. The van der Waals surface area contributed by atoms with E-state index in [0.717, 1.165) is 11.8 Å². The minimum atomic E-state index is -4.45. The summed E-state index contributed by atoms with van der Waals surface area (Å²) in [4.78, 5) is 11.5. The summed E-state index contributed by atoms with van der Waals surface area (Å²) in [6, 6.07) is 7.85. The summed E-state index contributed by atoms with van der Waals surface area (Å²) in [5.41, 5.74) is 0.854. The summed E-state index contributed by atoms with van der Waals surface area (Å²) in [5.74, 6) is 0.0491. The Balaban J connectivity index is 2.04. The number of nitrogens with one attached hydrogen (secondary N) is 1. The van der Waals surface area contributed by atoms with Crippen molar-refractivity contribution in [2.24, 2.45) is 7.05 Å². The van der Waals surface area contributed by atoms with Gasteiger partial charge >= 0.3 is 6.18 Å². The van der Waals surface area contributed by atoms with E-state index in [1.165, 1.54) is 11.7 Å². The van der Waals surface area contributed by atoms with E-state index in [0.29, 0.717) is 17.7 Å². The average molecular weight is 311 g/mol. The van der Waals surface area contributed by atoms with Crippen molar-refractivity contribution in [3.8, 4) is 0 Å². The van der Waals surface area contributed by atoms with Gasteiger partial charge in [0.2, 0.25) is 0 Å². The monoisotopic (exact) mass is 311 g/mol. The highest BCUT2D eigenvalue weighted by Crippen LogP contribution is 2.28. The smallest absolute Gasteiger partial charge is 0.379 e. The number of halogens is 3. The first kappa shape index (κ1) is 16.1. The van der Waals surface area contributed by atoms with Crippen LogP contribution in [-0.4, -0.2) is 15.6 Å². The SMILES string of the molecule is CCC(=O)c1ccc(NCc2cc(C(F)(F)F)nn2C)cc1. The molecule has 0 spiro atoms. The molecule has 0 fully saturated rings. The molecular formula is C15H16F3N3O. The Morgan fingerprint density at radius 3 is 2.41 bits per heavy atom. The Labute approximate surface area is 125 Å². The van der Waals surface area contributed by atoms with Gasteiger partial charge in [-0.1, -0.05) is 6.92 Å². The number of Topliss-reactive ketones (excluding diaryl/α,β-unsaturated/α-hetero) is 1. The van der Waals surface area contributed by atoms with Gasteiger partial charge in [-0.25, -0.2) is 0 Å². The molecule has 1 heterocycles. The van der Waals surface area contributed by atoms with Crippen LogP contribution in [-0.2, 0) is 19.8 Å². The molecule has 0 aliphatic heterocycles. The van der Waals surface area contributed by atoms with Gasteiger partial charge in [0.05, 0.1) is 12.2 Å². The standard InChI is InChI=1S/C15H16F3N3O/c1-3-13(22)10-4-6-11(7-5-10)19-9-12-8-14(15(16,17)18)20-21(12)2/h4-8,19H,3,9H2,1-2H3. The molecule has 0 radical (unpaired) electrons. The third kappa shape index (κ3) is 3.66. The predicted molar refractivity (Wildman–Crippen MR) is 76.6 cm³/mol. The van der Waals surface area contributed by atoms with Crippen LogP contribution in [0.15, 0.2) is 30.3 Å². The Kier molecular flexibility index (Phi) is 4.54. The summed E-state index contributed by atoms with van der Waals surface area (Å²) in [7, 11) is 1.47. The van der Waals surface area contributed by atoms with Gasteiger partial charge in [0, 0.05) is 24.7 Å². The zero-order chi connectivity index (χ0) is 16.3. The van der Waals surface area contributed by atoms with Crippen molar-refractivity contribution in [1.29, 1.82) is 0 Å². The highest BCUT2D eigenvalue weighted by atomic mass is 19.4. The van der Waals surface area contributed by atoms with Crippen LogP contribution in [0.5, 0.6) is 0 Å². The first-order valence-corrected chi connectivity index (χ1v) is 6.78. The molecule has 0 atom stereocenters. The van der Waals surface area contributed by atoms with Gasteiger partial charge in [-0.05, 0) is 30.3 Å². The first-order chi connectivity index (χ1) is 10.3. The minimum Gasteiger partial charge on any atom is -0.379 e. The fraction of sp³-hybridized carbons (Fsp3) is 0.333. The van der Waals surface area contributed by atoms with Crippen LogP contribution in [0.1, 0.15) is 35.1 Å². The van der Waals surface area contributed by atoms with Crippen molar-refractivity contribution in [1.82, 2.24) is 9.78 Å². The average Bonchev–Trinajstić information content (AvgIpc) is 2.86. The van der Waals surface area contributed by atoms with Gasteiger partial charge in [0.15, 0.2) is 11.5 Å². The molecule has 0 saturated heterocycles. The molecular weight excluding hydrogens is 295 g/mol. The summed E-state index contributed by atoms with van der Waals surface area (Å²) < 4.78 is 38.9. The summed E-state index contributed by atoms with van der Waals surface area (Å²) >= 11 is 0. The van der Waals surface area contributed by atoms with E-state index in [9.17, 15) is 18.0 Å². The summed E-state index contributed by atoms with van der Waals surface area (Å²) in [6.07, 6.45) is -4.01. The van der Waals surface area contributed by atoms with Gasteiger partial charge in [0.1, 0.15) is 0 Å². The minimum absolute atomic E-state index is 0.0491. The number of alkyl halides is 3. The second kappa shape index (κ2) is 6.21. The quantitative estimate of drug-likeness (QED) is 0.858. The van der Waals surface area contributed by atoms with E-state index < -0.39 is 11.9 Å². The molecule has 2 aromatic rings. The molecule has 1 N–H and O–H groups in total. The molecule has 0 amide bonds. The van der Waals surface area contributed by atoms with Crippen LogP contribution in [0.3, 0.4) is 0 Å².